The summed E-state index contributed by atoms with van der Waals surface area (Å²) in [5.74, 6) is -0.212. The summed E-state index contributed by atoms with van der Waals surface area (Å²) in [5, 5.41) is 21.1. The van der Waals surface area contributed by atoms with Crippen LogP contribution in [0.3, 0.4) is 0 Å². The first-order chi connectivity index (χ1) is 15.8. The molecule has 1 saturated heterocycles. The summed E-state index contributed by atoms with van der Waals surface area (Å²) >= 11 is 3.67. The molecule has 2 atom stereocenters. The molecular formula is C25H28BrClFN3O3. The van der Waals surface area contributed by atoms with Crippen molar-refractivity contribution < 1.29 is 36.5 Å². The number of rotatable bonds is 6. The summed E-state index contributed by atoms with van der Waals surface area (Å²) in [7, 11) is 0. The fourth-order valence-corrected chi connectivity index (χ4v) is 5.16. The first-order valence-electron chi connectivity index (χ1n) is 11.1. The van der Waals surface area contributed by atoms with Crippen molar-refractivity contribution in [1.82, 2.24) is 10.5 Å². The lowest BCUT2D eigenvalue weighted by Crippen LogP contribution is -3.00. The largest absolute Gasteiger partial charge is 1.00 e. The molecule has 0 saturated carbocycles. The SMILES string of the molecule is CC(=O)NCCc1ccccc1-c1onc([C@H]2C[NH2+]CC[C@]2(O)c2ccc(C)c(F)c2)c1Br.[Cl-]. The van der Waals surface area contributed by atoms with Crippen molar-refractivity contribution in [3.8, 4) is 11.3 Å². The Bertz CT molecular complexity index is 1170. The van der Waals surface area contributed by atoms with Crippen molar-refractivity contribution in [3.05, 3.63) is 75.1 Å². The van der Waals surface area contributed by atoms with E-state index >= 15 is 0 Å². The smallest absolute Gasteiger partial charge is 0.216 e. The van der Waals surface area contributed by atoms with Gasteiger partial charge in [0.25, 0.3) is 0 Å². The molecule has 1 fully saturated rings. The summed E-state index contributed by atoms with van der Waals surface area (Å²) in [6.45, 7) is 5.05. The molecule has 3 aromatic rings. The number of aliphatic hydroxyl groups is 1. The molecule has 0 aliphatic carbocycles. The van der Waals surface area contributed by atoms with Crippen molar-refractivity contribution in [1.29, 1.82) is 0 Å². The minimum atomic E-state index is -1.26. The Hall–Kier alpha value is -2.26. The van der Waals surface area contributed by atoms with Crippen LogP contribution >= 0.6 is 15.9 Å². The number of nitrogens with zero attached hydrogens (tertiary/aromatic N) is 1. The minimum Gasteiger partial charge on any atom is -1.00 e. The first kappa shape index (κ1) is 26.3. The van der Waals surface area contributed by atoms with Crippen LogP contribution in [0.4, 0.5) is 4.39 Å². The zero-order chi connectivity index (χ0) is 23.6. The van der Waals surface area contributed by atoms with Gasteiger partial charge in [-0.25, -0.2) is 4.39 Å². The summed E-state index contributed by atoms with van der Waals surface area (Å²) in [4.78, 5) is 11.2. The first-order valence-corrected chi connectivity index (χ1v) is 11.9. The summed E-state index contributed by atoms with van der Waals surface area (Å²) in [6, 6.07) is 12.7. The third-order valence-corrected chi connectivity index (χ3v) is 7.17. The van der Waals surface area contributed by atoms with Gasteiger partial charge in [0.15, 0.2) is 5.76 Å². The Kier molecular flexibility index (Phi) is 8.52. The van der Waals surface area contributed by atoms with Gasteiger partial charge >= 0.3 is 0 Å². The van der Waals surface area contributed by atoms with E-state index in [1.807, 2.05) is 24.3 Å². The average molecular weight is 553 g/mol. The van der Waals surface area contributed by atoms with E-state index in [1.165, 1.54) is 13.0 Å². The van der Waals surface area contributed by atoms with Crippen molar-refractivity contribution in [3.63, 3.8) is 0 Å². The summed E-state index contributed by atoms with van der Waals surface area (Å²) in [6.07, 6.45) is 1.12. The molecule has 0 radical (unpaired) electrons. The number of benzene rings is 2. The highest BCUT2D eigenvalue weighted by Gasteiger charge is 2.46. The average Bonchev–Trinajstić information content (AvgIpc) is 3.17. The molecule has 0 unspecified atom stereocenters. The van der Waals surface area contributed by atoms with E-state index in [9.17, 15) is 14.3 Å². The molecule has 2 aromatic carbocycles. The van der Waals surface area contributed by atoms with E-state index in [2.05, 4.69) is 31.7 Å². The lowest BCUT2D eigenvalue weighted by Gasteiger charge is -2.38. The van der Waals surface area contributed by atoms with Crippen LogP contribution in [0.1, 0.15) is 41.6 Å². The number of nitrogens with two attached hydrogens (primary N) is 1. The molecule has 0 spiro atoms. The number of quaternary nitrogens is 1. The number of halogens is 3. The van der Waals surface area contributed by atoms with Crippen LogP contribution in [-0.4, -0.2) is 35.8 Å². The molecule has 0 bridgehead atoms. The molecule has 2 heterocycles. The second kappa shape index (κ2) is 11.0. The molecule has 1 amide bonds. The number of amides is 1. The fraction of sp³-hybridized carbons (Fsp3) is 0.360. The number of hydrogen-bond acceptors (Lipinski definition) is 4. The van der Waals surface area contributed by atoms with Gasteiger partial charge in [0.1, 0.15) is 17.1 Å². The lowest BCUT2D eigenvalue weighted by molar-refractivity contribution is -0.672. The highest BCUT2D eigenvalue weighted by molar-refractivity contribution is 9.10. The van der Waals surface area contributed by atoms with Crippen LogP contribution in [0, 0.1) is 12.7 Å². The van der Waals surface area contributed by atoms with Gasteiger partial charge in [-0.2, -0.15) is 0 Å². The second-order valence-corrected chi connectivity index (χ2v) is 9.40. The van der Waals surface area contributed by atoms with E-state index in [1.54, 1.807) is 19.1 Å². The Balaban J connectivity index is 0.00000324. The maximum absolute atomic E-state index is 14.3. The van der Waals surface area contributed by atoms with Gasteiger partial charge < -0.3 is 32.7 Å². The molecular weight excluding hydrogens is 525 g/mol. The summed E-state index contributed by atoms with van der Waals surface area (Å²) < 4.78 is 20.8. The van der Waals surface area contributed by atoms with Gasteiger partial charge in [-0.1, -0.05) is 41.6 Å². The number of aryl methyl sites for hydroxylation is 1. The Labute approximate surface area is 212 Å². The van der Waals surface area contributed by atoms with Crippen LogP contribution in [0.25, 0.3) is 11.3 Å². The van der Waals surface area contributed by atoms with Crippen LogP contribution < -0.4 is 23.0 Å². The topological polar surface area (TPSA) is 92.0 Å². The van der Waals surface area contributed by atoms with Crippen molar-refractivity contribution >= 4 is 21.8 Å². The number of carbonyl (C=O) groups excluding carboxylic acids is 1. The zero-order valence-corrected chi connectivity index (χ0v) is 21.4. The Morgan fingerprint density at radius 2 is 2.12 bits per heavy atom. The molecule has 4 rings (SSSR count). The van der Waals surface area contributed by atoms with E-state index < -0.39 is 5.60 Å². The fourth-order valence-electron chi connectivity index (χ4n) is 4.53. The van der Waals surface area contributed by atoms with Gasteiger partial charge in [-0.15, -0.1) is 0 Å². The quantitative estimate of drug-likeness (QED) is 0.407. The molecule has 182 valence electrons. The Morgan fingerprint density at radius 1 is 1.35 bits per heavy atom. The van der Waals surface area contributed by atoms with Crippen molar-refractivity contribution in [2.24, 2.45) is 0 Å². The third kappa shape index (κ3) is 5.20. The zero-order valence-electron chi connectivity index (χ0n) is 19.1. The molecule has 4 N–H and O–H groups in total. The van der Waals surface area contributed by atoms with Gasteiger partial charge in [-0.3, -0.25) is 4.79 Å². The number of piperidine rings is 1. The van der Waals surface area contributed by atoms with Crippen LogP contribution in [0.5, 0.6) is 0 Å². The van der Waals surface area contributed by atoms with E-state index in [0.29, 0.717) is 53.0 Å². The molecule has 6 nitrogen and oxygen atoms in total. The predicted octanol–water partition coefficient (Wildman–Crippen LogP) is 0.173. The van der Waals surface area contributed by atoms with Gasteiger partial charge in [-0.05, 0) is 52.0 Å². The second-order valence-electron chi connectivity index (χ2n) is 8.60. The van der Waals surface area contributed by atoms with Crippen LogP contribution in [0.15, 0.2) is 51.5 Å². The highest BCUT2D eigenvalue weighted by Crippen LogP contribution is 2.45. The van der Waals surface area contributed by atoms with E-state index in [0.717, 1.165) is 17.7 Å². The summed E-state index contributed by atoms with van der Waals surface area (Å²) in [5.41, 5.74) is 2.34. The molecule has 1 aliphatic heterocycles. The molecule has 1 aliphatic rings. The normalized spacial score (nSPS) is 20.0. The van der Waals surface area contributed by atoms with E-state index in [-0.39, 0.29) is 30.0 Å². The van der Waals surface area contributed by atoms with Gasteiger partial charge in [0, 0.05) is 25.5 Å². The van der Waals surface area contributed by atoms with E-state index in [4.69, 9.17) is 4.52 Å². The van der Waals surface area contributed by atoms with Crippen molar-refractivity contribution in [2.45, 2.75) is 38.2 Å². The van der Waals surface area contributed by atoms with Crippen LogP contribution in [0.2, 0.25) is 0 Å². The van der Waals surface area contributed by atoms with Gasteiger partial charge in [0.05, 0.1) is 23.5 Å². The number of aromatic nitrogens is 1. The standard InChI is InChI=1S/C25H27BrFN3O3.ClH/c1-15-7-8-18(13-21(15)27)25(32)10-12-28-14-20(25)23-22(26)24(33-30-23)19-6-4-3-5-17(19)9-11-29-16(2)31;/h3-8,13,20,28,32H,9-12,14H2,1-2H3,(H,29,31);1H/t20-,25+;/m1./s1. The van der Waals surface area contributed by atoms with Crippen molar-refractivity contribution in [2.75, 3.05) is 19.6 Å². The Morgan fingerprint density at radius 3 is 2.85 bits per heavy atom. The molecule has 34 heavy (non-hydrogen) atoms. The molecule has 9 heteroatoms. The maximum Gasteiger partial charge on any atom is 0.216 e. The number of nitrogens with one attached hydrogen (secondary N) is 1. The van der Waals surface area contributed by atoms with Crippen LogP contribution in [-0.2, 0) is 16.8 Å². The highest BCUT2D eigenvalue weighted by atomic mass is 79.9. The lowest BCUT2D eigenvalue weighted by atomic mass is 9.74. The number of hydrogen-bond donors (Lipinski definition) is 3. The third-order valence-electron chi connectivity index (χ3n) is 6.40. The minimum absolute atomic E-state index is 0. The number of carbonyl (C=O) groups is 1. The monoisotopic (exact) mass is 551 g/mol. The maximum atomic E-state index is 14.3. The van der Waals surface area contributed by atoms with Gasteiger partial charge in [0.2, 0.25) is 5.91 Å². The molecule has 1 aromatic heterocycles. The predicted molar refractivity (Wildman–Crippen MR) is 126 cm³/mol.